The van der Waals surface area contributed by atoms with Gasteiger partial charge < -0.3 is 5.32 Å². The van der Waals surface area contributed by atoms with Crippen LogP contribution in [-0.4, -0.2) is 21.0 Å². The standard InChI is InChI=1S/C13H24N4/c1-11(12-7-5-3-4-6-8-12)14-9-13-10-15-16-17(13)2/h10-12,14H,3-9H2,1-2H3/t11-/m0/s1. The van der Waals surface area contributed by atoms with E-state index in [0.717, 1.165) is 18.2 Å². The number of hydrogen-bond donors (Lipinski definition) is 1. The highest BCUT2D eigenvalue weighted by Crippen LogP contribution is 2.25. The van der Waals surface area contributed by atoms with Crippen LogP contribution in [0.2, 0.25) is 0 Å². The van der Waals surface area contributed by atoms with Crippen LogP contribution in [0.4, 0.5) is 0 Å². The molecular formula is C13H24N4. The van der Waals surface area contributed by atoms with Crippen LogP contribution >= 0.6 is 0 Å². The van der Waals surface area contributed by atoms with Gasteiger partial charge in [0.2, 0.25) is 0 Å². The molecule has 1 aromatic heterocycles. The summed E-state index contributed by atoms with van der Waals surface area (Å²) in [7, 11) is 1.94. The highest BCUT2D eigenvalue weighted by molar-refractivity contribution is 4.93. The van der Waals surface area contributed by atoms with Crippen LogP contribution in [0.3, 0.4) is 0 Å². The van der Waals surface area contributed by atoms with Gasteiger partial charge in [0.25, 0.3) is 0 Å². The average Bonchev–Trinajstić information content (AvgIpc) is 2.58. The molecule has 0 radical (unpaired) electrons. The Morgan fingerprint density at radius 3 is 2.65 bits per heavy atom. The summed E-state index contributed by atoms with van der Waals surface area (Å²) >= 11 is 0. The predicted octanol–water partition coefficient (Wildman–Crippen LogP) is 2.26. The monoisotopic (exact) mass is 236 g/mol. The SMILES string of the molecule is C[C@H](NCc1cnnn1C)C1CCCCCC1. The second-order valence-corrected chi connectivity index (χ2v) is 5.27. The van der Waals surface area contributed by atoms with Gasteiger partial charge in [0, 0.05) is 19.6 Å². The molecule has 4 heteroatoms. The molecule has 0 spiro atoms. The van der Waals surface area contributed by atoms with Gasteiger partial charge in [0.1, 0.15) is 0 Å². The number of aryl methyl sites for hydroxylation is 1. The lowest BCUT2D eigenvalue weighted by molar-refractivity contribution is 0.334. The highest BCUT2D eigenvalue weighted by Gasteiger charge is 2.18. The fourth-order valence-corrected chi connectivity index (χ4v) is 2.71. The molecule has 0 bridgehead atoms. The molecule has 0 saturated heterocycles. The van der Waals surface area contributed by atoms with Crippen molar-refractivity contribution in [3.05, 3.63) is 11.9 Å². The first-order chi connectivity index (χ1) is 8.27. The normalized spacial score (nSPS) is 20.1. The molecule has 4 nitrogen and oxygen atoms in total. The van der Waals surface area contributed by atoms with E-state index in [1.54, 1.807) is 0 Å². The smallest absolute Gasteiger partial charge is 0.0738 e. The molecule has 0 unspecified atom stereocenters. The molecule has 96 valence electrons. The van der Waals surface area contributed by atoms with Gasteiger partial charge in [-0.2, -0.15) is 0 Å². The molecule has 17 heavy (non-hydrogen) atoms. The maximum atomic E-state index is 3.95. The first-order valence-electron chi connectivity index (χ1n) is 6.84. The Labute approximate surface area is 104 Å². The van der Waals surface area contributed by atoms with Crippen molar-refractivity contribution in [3.8, 4) is 0 Å². The van der Waals surface area contributed by atoms with Gasteiger partial charge in [-0.15, -0.1) is 5.10 Å². The maximum Gasteiger partial charge on any atom is 0.0738 e. The van der Waals surface area contributed by atoms with E-state index in [4.69, 9.17) is 0 Å². The fraction of sp³-hybridized carbons (Fsp3) is 0.846. The van der Waals surface area contributed by atoms with Gasteiger partial charge in [-0.05, 0) is 25.7 Å². The summed E-state index contributed by atoms with van der Waals surface area (Å²) in [5, 5.41) is 11.5. The van der Waals surface area contributed by atoms with Crippen molar-refractivity contribution in [1.29, 1.82) is 0 Å². The molecule has 1 heterocycles. The molecule has 0 aromatic carbocycles. The zero-order valence-electron chi connectivity index (χ0n) is 11.0. The van der Waals surface area contributed by atoms with E-state index in [1.807, 2.05) is 17.9 Å². The summed E-state index contributed by atoms with van der Waals surface area (Å²) in [5.74, 6) is 0.846. The second kappa shape index (κ2) is 6.15. The quantitative estimate of drug-likeness (QED) is 0.815. The van der Waals surface area contributed by atoms with Crippen molar-refractivity contribution in [3.63, 3.8) is 0 Å². The molecule has 2 rings (SSSR count). The zero-order valence-corrected chi connectivity index (χ0v) is 11.0. The summed E-state index contributed by atoms with van der Waals surface area (Å²) in [4.78, 5) is 0. The Kier molecular flexibility index (Phi) is 4.54. The molecule has 1 atom stereocenters. The maximum absolute atomic E-state index is 3.95. The van der Waals surface area contributed by atoms with E-state index in [1.165, 1.54) is 38.5 Å². The molecule has 1 aromatic rings. The van der Waals surface area contributed by atoms with Gasteiger partial charge >= 0.3 is 0 Å². The van der Waals surface area contributed by atoms with Gasteiger partial charge in [0.15, 0.2) is 0 Å². The van der Waals surface area contributed by atoms with Gasteiger partial charge in [-0.25, -0.2) is 0 Å². The van der Waals surface area contributed by atoms with E-state index < -0.39 is 0 Å². The zero-order chi connectivity index (χ0) is 12.1. The third-order valence-electron chi connectivity index (χ3n) is 4.02. The van der Waals surface area contributed by atoms with Crippen molar-refractivity contribution in [1.82, 2.24) is 20.3 Å². The summed E-state index contributed by atoms with van der Waals surface area (Å²) in [6.07, 6.45) is 10.3. The minimum Gasteiger partial charge on any atom is -0.308 e. The van der Waals surface area contributed by atoms with Crippen LogP contribution < -0.4 is 5.32 Å². The predicted molar refractivity (Wildman–Crippen MR) is 68.5 cm³/mol. The van der Waals surface area contributed by atoms with Crippen molar-refractivity contribution in [2.75, 3.05) is 0 Å². The third-order valence-corrected chi connectivity index (χ3v) is 4.02. The number of rotatable bonds is 4. The molecule has 1 saturated carbocycles. The molecule has 1 aliphatic rings. The average molecular weight is 236 g/mol. The number of hydrogen-bond acceptors (Lipinski definition) is 3. The first-order valence-corrected chi connectivity index (χ1v) is 6.84. The van der Waals surface area contributed by atoms with Crippen LogP contribution in [0.25, 0.3) is 0 Å². The molecule has 0 aliphatic heterocycles. The van der Waals surface area contributed by atoms with Crippen LogP contribution in [0.5, 0.6) is 0 Å². The van der Waals surface area contributed by atoms with Crippen molar-refractivity contribution < 1.29 is 0 Å². The van der Waals surface area contributed by atoms with E-state index in [-0.39, 0.29) is 0 Å². The second-order valence-electron chi connectivity index (χ2n) is 5.27. The molecule has 1 aliphatic carbocycles. The number of nitrogens with zero attached hydrogens (tertiary/aromatic N) is 3. The van der Waals surface area contributed by atoms with Crippen LogP contribution in [0, 0.1) is 5.92 Å². The lowest BCUT2D eigenvalue weighted by atomic mass is 9.93. The topological polar surface area (TPSA) is 42.7 Å². The van der Waals surface area contributed by atoms with E-state index in [0.29, 0.717) is 6.04 Å². The fourth-order valence-electron chi connectivity index (χ4n) is 2.71. The first kappa shape index (κ1) is 12.6. The van der Waals surface area contributed by atoms with Crippen LogP contribution in [-0.2, 0) is 13.6 Å². The van der Waals surface area contributed by atoms with Crippen molar-refractivity contribution >= 4 is 0 Å². The van der Waals surface area contributed by atoms with Crippen LogP contribution in [0.15, 0.2) is 6.20 Å². The Balaban J connectivity index is 1.80. The van der Waals surface area contributed by atoms with Crippen LogP contribution in [0.1, 0.15) is 51.1 Å². The largest absolute Gasteiger partial charge is 0.308 e. The Morgan fingerprint density at radius 2 is 2.06 bits per heavy atom. The summed E-state index contributed by atoms with van der Waals surface area (Å²) < 4.78 is 1.84. The minimum atomic E-state index is 0.600. The molecular weight excluding hydrogens is 212 g/mol. The number of aromatic nitrogens is 3. The summed E-state index contributed by atoms with van der Waals surface area (Å²) in [5.41, 5.74) is 1.16. The van der Waals surface area contributed by atoms with E-state index in [9.17, 15) is 0 Å². The van der Waals surface area contributed by atoms with Gasteiger partial charge in [-0.1, -0.05) is 30.9 Å². The minimum absolute atomic E-state index is 0.600. The summed E-state index contributed by atoms with van der Waals surface area (Å²) in [6, 6.07) is 0.600. The molecule has 1 fully saturated rings. The Morgan fingerprint density at radius 1 is 1.35 bits per heavy atom. The summed E-state index contributed by atoms with van der Waals surface area (Å²) in [6.45, 7) is 3.20. The molecule has 0 amide bonds. The Bertz CT molecular complexity index is 326. The molecule has 1 N–H and O–H groups in total. The number of nitrogens with one attached hydrogen (secondary N) is 1. The lowest BCUT2D eigenvalue weighted by Crippen LogP contribution is -2.33. The van der Waals surface area contributed by atoms with Gasteiger partial charge in [-0.3, -0.25) is 4.68 Å². The van der Waals surface area contributed by atoms with Gasteiger partial charge in [0.05, 0.1) is 11.9 Å². The van der Waals surface area contributed by atoms with Crippen molar-refractivity contribution in [2.45, 2.75) is 58.0 Å². The highest BCUT2D eigenvalue weighted by atomic mass is 15.4. The third kappa shape index (κ3) is 3.53. The lowest BCUT2D eigenvalue weighted by Gasteiger charge is -2.23. The van der Waals surface area contributed by atoms with E-state index >= 15 is 0 Å². The Hall–Kier alpha value is -0.900. The van der Waals surface area contributed by atoms with E-state index in [2.05, 4.69) is 22.6 Å². The van der Waals surface area contributed by atoms with Crippen molar-refractivity contribution in [2.24, 2.45) is 13.0 Å².